The topological polar surface area (TPSA) is 43.9 Å². The molecule has 0 spiro atoms. The molecule has 0 radical (unpaired) electrons. The van der Waals surface area contributed by atoms with E-state index in [1.54, 1.807) is 0 Å². The number of benzene rings is 7. The second kappa shape index (κ2) is 11.0. The van der Waals surface area contributed by atoms with Gasteiger partial charge in [-0.05, 0) is 59.7 Å². The van der Waals surface area contributed by atoms with Gasteiger partial charge in [0.1, 0.15) is 11.2 Å². The molecule has 0 amide bonds. The van der Waals surface area contributed by atoms with Crippen LogP contribution in [0.25, 0.3) is 94.5 Å². The third kappa shape index (κ3) is 4.42. The van der Waals surface area contributed by atoms with Crippen LogP contribution in [-0.4, -0.2) is 14.5 Å². The highest BCUT2D eigenvalue weighted by Crippen LogP contribution is 2.48. The molecule has 1 aliphatic heterocycles. The van der Waals surface area contributed by atoms with Crippen LogP contribution in [0.1, 0.15) is 0 Å². The van der Waals surface area contributed by atoms with Crippen LogP contribution in [0.2, 0.25) is 0 Å². The lowest BCUT2D eigenvalue weighted by molar-refractivity contribution is 0.669. The predicted octanol–water partition coefficient (Wildman–Crippen LogP) is 12.6. The van der Waals surface area contributed by atoms with E-state index in [0.29, 0.717) is 5.82 Å². The highest BCUT2D eigenvalue weighted by molar-refractivity contribution is 7.99. The molecule has 7 aromatic carbocycles. The smallest absolute Gasteiger partial charge is 0.161 e. The highest BCUT2D eigenvalue weighted by Gasteiger charge is 2.23. The van der Waals surface area contributed by atoms with Crippen LogP contribution in [-0.2, 0) is 0 Å². The van der Waals surface area contributed by atoms with Crippen molar-refractivity contribution >= 4 is 55.5 Å². The second-order valence-electron chi connectivity index (χ2n) is 13.0. The molecule has 0 aliphatic carbocycles. The number of hydrogen-bond donors (Lipinski definition) is 0. The zero-order valence-electron chi connectivity index (χ0n) is 27.2. The van der Waals surface area contributed by atoms with E-state index >= 15 is 0 Å². The van der Waals surface area contributed by atoms with Crippen LogP contribution >= 0.6 is 11.8 Å². The summed E-state index contributed by atoms with van der Waals surface area (Å²) in [4.78, 5) is 12.8. The third-order valence-electron chi connectivity index (χ3n) is 10.0. The molecule has 0 saturated heterocycles. The lowest BCUT2D eigenvalue weighted by Gasteiger charge is -2.21. The van der Waals surface area contributed by atoms with Gasteiger partial charge in [-0.25, -0.2) is 9.97 Å². The number of furan rings is 1. The first-order valence-electron chi connectivity index (χ1n) is 17.1. The van der Waals surface area contributed by atoms with Gasteiger partial charge < -0.3 is 8.98 Å². The molecule has 5 heteroatoms. The molecule has 4 nitrogen and oxygen atoms in total. The summed E-state index contributed by atoms with van der Waals surface area (Å²) in [6.07, 6.45) is 0. The fraction of sp³-hybridized carbons (Fsp3) is 0. The third-order valence-corrected chi connectivity index (χ3v) is 11.1. The van der Waals surface area contributed by atoms with Crippen molar-refractivity contribution in [1.29, 1.82) is 0 Å². The van der Waals surface area contributed by atoms with Gasteiger partial charge in [0.15, 0.2) is 5.82 Å². The molecule has 0 bridgehead atoms. The fourth-order valence-electron chi connectivity index (χ4n) is 7.67. The summed E-state index contributed by atoms with van der Waals surface area (Å²) in [6, 6.07) is 57.6. The second-order valence-corrected chi connectivity index (χ2v) is 14.1. The molecule has 0 saturated carbocycles. The van der Waals surface area contributed by atoms with Gasteiger partial charge >= 0.3 is 0 Å². The van der Waals surface area contributed by atoms with Crippen molar-refractivity contribution in [3.05, 3.63) is 164 Å². The lowest BCUT2D eigenvalue weighted by Crippen LogP contribution is -2.01. The number of fused-ring (bicyclic) bond motifs is 8. The molecule has 238 valence electrons. The Balaban J connectivity index is 1.08. The molecule has 4 heterocycles. The number of rotatable bonds is 4. The predicted molar refractivity (Wildman–Crippen MR) is 210 cm³/mol. The first kappa shape index (κ1) is 28.4. The minimum absolute atomic E-state index is 0.669. The van der Waals surface area contributed by atoms with Crippen LogP contribution in [0.3, 0.4) is 0 Å². The van der Waals surface area contributed by atoms with Crippen LogP contribution < -0.4 is 0 Å². The lowest BCUT2D eigenvalue weighted by atomic mass is 10.00. The number of hydrogen-bond acceptors (Lipinski definition) is 4. The summed E-state index contributed by atoms with van der Waals surface area (Å²) in [5, 5.41) is 4.64. The summed E-state index contributed by atoms with van der Waals surface area (Å²) >= 11 is 1.85. The Morgan fingerprint density at radius 2 is 1.16 bits per heavy atom. The Bertz CT molecular complexity index is 2940. The summed E-state index contributed by atoms with van der Waals surface area (Å²) < 4.78 is 8.90. The molecule has 1 aliphatic rings. The first-order chi connectivity index (χ1) is 25.3. The quantitative estimate of drug-likeness (QED) is 0.187. The van der Waals surface area contributed by atoms with Crippen molar-refractivity contribution in [2.24, 2.45) is 0 Å². The van der Waals surface area contributed by atoms with Crippen molar-refractivity contribution in [2.75, 3.05) is 0 Å². The van der Waals surface area contributed by atoms with E-state index in [2.05, 4.69) is 120 Å². The van der Waals surface area contributed by atoms with Gasteiger partial charge in [-0.15, -0.1) is 0 Å². The van der Waals surface area contributed by atoms with E-state index in [9.17, 15) is 0 Å². The number of aromatic nitrogens is 3. The van der Waals surface area contributed by atoms with E-state index in [1.165, 1.54) is 37.3 Å². The zero-order chi connectivity index (χ0) is 33.5. The largest absolute Gasteiger partial charge is 0.456 e. The Morgan fingerprint density at radius 1 is 0.471 bits per heavy atom. The minimum atomic E-state index is 0.669. The van der Waals surface area contributed by atoms with Gasteiger partial charge in [-0.3, -0.25) is 0 Å². The fourth-order valence-corrected chi connectivity index (χ4v) is 8.80. The van der Waals surface area contributed by atoms with Crippen molar-refractivity contribution < 1.29 is 4.42 Å². The molecule has 0 N–H and O–H groups in total. The Morgan fingerprint density at radius 3 is 1.96 bits per heavy atom. The maximum absolute atomic E-state index is 6.47. The maximum Gasteiger partial charge on any atom is 0.161 e. The van der Waals surface area contributed by atoms with Crippen LogP contribution in [0.15, 0.2) is 178 Å². The van der Waals surface area contributed by atoms with E-state index in [1.807, 2.05) is 60.3 Å². The van der Waals surface area contributed by atoms with Gasteiger partial charge in [-0.2, -0.15) is 0 Å². The van der Waals surface area contributed by atoms with Gasteiger partial charge in [0.25, 0.3) is 0 Å². The van der Waals surface area contributed by atoms with Gasteiger partial charge in [0.05, 0.1) is 28.1 Å². The van der Waals surface area contributed by atoms with Crippen LogP contribution in [0.5, 0.6) is 0 Å². The molecule has 0 atom stereocenters. The summed E-state index contributed by atoms with van der Waals surface area (Å²) in [5.74, 6) is 0.669. The Hall–Kier alpha value is -6.43. The number of nitrogens with zero attached hydrogens (tertiary/aromatic N) is 3. The summed E-state index contributed by atoms with van der Waals surface area (Å²) in [5.41, 5.74) is 12.5. The van der Waals surface area contributed by atoms with Crippen LogP contribution in [0, 0.1) is 0 Å². The average molecular weight is 670 g/mol. The molecule has 0 unspecified atom stereocenters. The monoisotopic (exact) mass is 669 g/mol. The maximum atomic E-state index is 6.47. The normalized spacial score (nSPS) is 12.2. The molecule has 10 aromatic rings. The van der Waals surface area contributed by atoms with Crippen molar-refractivity contribution in [3.63, 3.8) is 0 Å². The SMILES string of the molecule is c1ccc(-c2cc(-c3ccccc3)nc(-c3cccc4oc5ccc(-c6ccc7c(c6)Sc6cccc8c9ccccc9n-7c68)cc5c34)n2)cc1. The van der Waals surface area contributed by atoms with E-state index in [-0.39, 0.29) is 0 Å². The van der Waals surface area contributed by atoms with Crippen molar-refractivity contribution in [1.82, 2.24) is 14.5 Å². The Labute approximate surface area is 297 Å². The first-order valence-corrected chi connectivity index (χ1v) is 17.9. The van der Waals surface area contributed by atoms with Crippen molar-refractivity contribution in [2.45, 2.75) is 9.79 Å². The standard InChI is InChI=1S/C46H27N3OS/c1-3-11-28(12-4-1)36-27-37(29-13-5-2-6-14-29)48-46(47-36)34-17-9-19-41-44(34)35-25-30(22-24-40(35)50-41)31-21-23-39-43(26-31)51-42-20-10-16-33-32-15-7-8-18-38(32)49(39)45(33)42/h1-27H. The zero-order valence-corrected chi connectivity index (χ0v) is 28.1. The average Bonchev–Trinajstić information content (AvgIpc) is 3.75. The van der Waals surface area contributed by atoms with E-state index in [0.717, 1.165) is 61.1 Å². The molecular formula is C46H27N3OS. The van der Waals surface area contributed by atoms with Gasteiger partial charge in [0, 0.05) is 48.0 Å². The number of para-hydroxylation sites is 2. The van der Waals surface area contributed by atoms with Crippen molar-refractivity contribution in [3.8, 4) is 50.7 Å². The van der Waals surface area contributed by atoms with Gasteiger partial charge in [-0.1, -0.05) is 127 Å². The summed E-state index contributed by atoms with van der Waals surface area (Å²) in [6.45, 7) is 0. The highest BCUT2D eigenvalue weighted by atomic mass is 32.2. The van der Waals surface area contributed by atoms with Crippen LogP contribution in [0.4, 0.5) is 0 Å². The van der Waals surface area contributed by atoms with Gasteiger partial charge in [0.2, 0.25) is 0 Å². The Kier molecular flexibility index (Phi) is 6.15. The summed E-state index contributed by atoms with van der Waals surface area (Å²) in [7, 11) is 0. The molecule has 11 rings (SSSR count). The molecule has 51 heavy (non-hydrogen) atoms. The van der Waals surface area contributed by atoms with E-state index < -0.39 is 0 Å². The molecule has 0 fully saturated rings. The molecule has 3 aromatic heterocycles. The van der Waals surface area contributed by atoms with E-state index in [4.69, 9.17) is 14.4 Å². The molecular weight excluding hydrogens is 643 g/mol. The minimum Gasteiger partial charge on any atom is -0.456 e.